The lowest BCUT2D eigenvalue weighted by Crippen LogP contribution is -2.46. The average molecular weight is 125 g/mol. The van der Waals surface area contributed by atoms with E-state index in [1.807, 2.05) is 0 Å². The zero-order valence-corrected chi connectivity index (χ0v) is 5.39. The molecule has 1 aliphatic rings. The Hall–Kier alpha value is -0.630. The van der Waals surface area contributed by atoms with Crippen LogP contribution in [-0.2, 0) is 4.79 Å². The van der Waals surface area contributed by atoms with Gasteiger partial charge in [-0.25, -0.2) is 0 Å². The van der Waals surface area contributed by atoms with E-state index in [1.165, 1.54) is 0 Å². The molecule has 1 fully saturated rings. The molecule has 0 bridgehead atoms. The lowest BCUT2D eigenvalue weighted by molar-refractivity contribution is -0.123. The zero-order valence-electron chi connectivity index (χ0n) is 5.39. The van der Waals surface area contributed by atoms with Crippen molar-refractivity contribution in [2.75, 3.05) is 13.1 Å². The molecule has 1 rings (SSSR count). The highest BCUT2D eigenvalue weighted by atomic mass is 16.1. The van der Waals surface area contributed by atoms with Crippen LogP contribution in [0.4, 0.5) is 0 Å². The summed E-state index contributed by atoms with van der Waals surface area (Å²) in [6.07, 6.45) is 2.20. The first-order chi connectivity index (χ1) is 4.34. The molecule has 0 aromatic heterocycles. The monoisotopic (exact) mass is 125 g/mol. The number of nitrogens with one attached hydrogen (secondary N) is 1. The van der Waals surface area contributed by atoms with Crippen LogP contribution in [0.25, 0.3) is 0 Å². The van der Waals surface area contributed by atoms with Crippen LogP contribution in [0.5, 0.6) is 0 Å². The zero-order chi connectivity index (χ0) is 6.69. The van der Waals surface area contributed by atoms with Crippen LogP contribution in [0.2, 0.25) is 0 Å². The van der Waals surface area contributed by atoms with Crippen molar-refractivity contribution in [3.05, 3.63) is 12.7 Å². The van der Waals surface area contributed by atoms with Gasteiger partial charge in [-0.1, -0.05) is 6.08 Å². The maximum Gasteiger partial charge on any atom is 0.142 e. The molecular weight excluding hydrogens is 114 g/mol. The lowest BCUT2D eigenvalue weighted by Gasteiger charge is -2.24. The van der Waals surface area contributed by atoms with Crippen LogP contribution in [0, 0.1) is 5.92 Å². The van der Waals surface area contributed by atoms with Gasteiger partial charge in [0.15, 0.2) is 0 Å². The van der Waals surface area contributed by atoms with Crippen molar-refractivity contribution in [2.24, 2.45) is 5.92 Å². The molecule has 1 saturated heterocycles. The van der Waals surface area contributed by atoms with E-state index in [0.29, 0.717) is 12.2 Å². The van der Waals surface area contributed by atoms with Crippen LogP contribution < -0.4 is 5.32 Å². The first-order valence-corrected chi connectivity index (χ1v) is 3.19. The van der Waals surface area contributed by atoms with E-state index >= 15 is 0 Å². The molecule has 9 heavy (non-hydrogen) atoms. The number of carbonyl (C=O) groups excluding carboxylic acids is 1. The van der Waals surface area contributed by atoms with E-state index < -0.39 is 0 Å². The molecule has 2 heteroatoms. The second-order valence-corrected chi connectivity index (χ2v) is 2.31. The fourth-order valence-electron chi connectivity index (χ4n) is 0.825. The van der Waals surface area contributed by atoms with Gasteiger partial charge in [0.05, 0.1) is 0 Å². The summed E-state index contributed by atoms with van der Waals surface area (Å²) in [5, 5.41) is 3.05. The topological polar surface area (TPSA) is 29.1 Å². The number of hydrogen-bond acceptors (Lipinski definition) is 2. The molecule has 0 aromatic carbocycles. The van der Waals surface area contributed by atoms with Crippen molar-refractivity contribution < 1.29 is 4.79 Å². The molecule has 1 aliphatic heterocycles. The molecule has 0 unspecified atom stereocenters. The summed E-state index contributed by atoms with van der Waals surface area (Å²) in [5.74, 6) is 0.603. The third-order valence-corrected chi connectivity index (χ3v) is 1.58. The number of ketones is 1. The molecule has 0 amide bonds. The van der Waals surface area contributed by atoms with Gasteiger partial charge in [-0.2, -0.15) is 0 Å². The SMILES string of the molecule is C=CCC(=O)C1CNC1. The van der Waals surface area contributed by atoms with Gasteiger partial charge in [0, 0.05) is 25.4 Å². The summed E-state index contributed by atoms with van der Waals surface area (Å²) < 4.78 is 0. The molecule has 0 saturated carbocycles. The third kappa shape index (κ3) is 1.39. The predicted molar refractivity (Wildman–Crippen MR) is 36.2 cm³/mol. The minimum Gasteiger partial charge on any atom is -0.315 e. The molecule has 0 aromatic rings. The van der Waals surface area contributed by atoms with Gasteiger partial charge in [0.1, 0.15) is 5.78 Å². The lowest BCUT2D eigenvalue weighted by atomic mass is 9.96. The van der Waals surface area contributed by atoms with Gasteiger partial charge in [-0.3, -0.25) is 4.79 Å². The van der Waals surface area contributed by atoms with Crippen LogP contribution in [0.1, 0.15) is 6.42 Å². The smallest absolute Gasteiger partial charge is 0.142 e. The summed E-state index contributed by atoms with van der Waals surface area (Å²) >= 11 is 0. The number of hydrogen-bond donors (Lipinski definition) is 1. The predicted octanol–water partition coefficient (Wildman–Crippen LogP) is 0.351. The van der Waals surface area contributed by atoms with Crippen LogP contribution in [0.3, 0.4) is 0 Å². The highest BCUT2D eigenvalue weighted by Crippen LogP contribution is 2.06. The van der Waals surface area contributed by atoms with Crippen LogP contribution in [-0.4, -0.2) is 18.9 Å². The first kappa shape index (κ1) is 6.49. The molecule has 0 aliphatic carbocycles. The Morgan fingerprint density at radius 3 is 2.78 bits per heavy atom. The maximum absolute atomic E-state index is 10.9. The number of Topliss-reactive ketones (excluding diaryl/α,β-unsaturated/α-hetero) is 1. The summed E-state index contributed by atoms with van der Waals surface area (Å²) in [5.41, 5.74) is 0. The van der Waals surface area contributed by atoms with Crippen molar-refractivity contribution in [3.8, 4) is 0 Å². The summed E-state index contributed by atoms with van der Waals surface area (Å²) in [7, 11) is 0. The summed E-state index contributed by atoms with van der Waals surface area (Å²) in [4.78, 5) is 10.9. The normalized spacial score (nSPS) is 18.7. The van der Waals surface area contributed by atoms with Gasteiger partial charge in [0.2, 0.25) is 0 Å². The second-order valence-electron chi connectivity index (χ2n) is 2.31. The van der Waals surface area contributed by atoms with E-state index in [2.05, 4.69) is 11.9 Å². The Bertz CT molecular complexity index is 127. The highest BCUT2D eigenvalue weighted by molar-refractivity contribution is 5.83. The Labute approximate surface area is 54.9 Å². The first-order valence-electron chi connectivity index (χ1n) is 3.19. The fourth-order valence-corrected chi connectivity index (χ4v) is 0.825. The molecular formula is C7H11NO. The van der Waals surface area contributed by atoms with Crippen molar-refractivity contribution in [1.82, 2.24) is 5.32 Å². The standard InChI is InChI=1S/C7H11NO/c1-2-3-7(9)6-4-8-5-6/h2,6,8H,1,3-5H2. The van der Waals surface area contributed by atoms with Gasteiger partial charge in [0.25, 0.3) is 0 Å². The quantitative estimate of drug-likeness (QED) is 0.551. The second kappa shape index (κ2) is 2.78. The molecule has 0 radical (unpaired) electrons. The molecule has 1 N–H and O–H groups in total. The molecule has 2 nitrogen and oxygen atoms in total. The van der Waals surface area contributed by atoms with Gasteiger partial charge >= 0.3 is 0 Å². The Morgan fingerprint density at radius 2 is 2.44 bits per heavy atom. The molecule has 50 valence electrons. The highest BCUT2D eigenvalue weighted by Gasteiger charge is 2.22. The molecule has 0 spiro atoms. The van der Waals surface area contributed by atoms with Crippen LogP contribution >= 0.6 is 0 Å². The number of allylic oxidation sites excluding steroid dienone is 1. The average Bonchev–Trinajstić information content (AvgIpc) is 1.60. The van der Waals surface area contributed by atoms with E-state index in [0.717, 1.165) is 13.1 Å². The largest absolute Gasteiger partial charge is 0.315 e. The Morgan fingerprint density at radius 1 is 1.78 bits per heavy atom. The molecule has 1 heterocycles. The summed E-state index contributed by atoms with van der Waals surface area (Å²) in [6.45, 7) is 5.24. The Balaban J connectivity index is 2.23. The van der Waals surface area contributed by atoms with Crippen molar-refractivity contribution in [2.45, 2.75) is 6.42 Å². The van der Waals surface area contributed by atoms with Crippen molar-refractivity contribution >= 4 is 5.78 Å². The van der Waals surface area contributed by atoms with E-state index in [-0.39, 0.29) is 5.92 Å². The van der Waals surface area contributed by atoms with E-state index in [4.69, 9.17) is 0 Å². The summed E-state index contributed by atoms with van der Waals surface area (Å²) in [6, 6.07) is 0. The van der Waals surface area contributed by atoms with Gasteiger partial charge in [-0.15, -0.1) is 6.58 Å². The van der Waals surface area contributed by atoms with Crippen molar-refractivity contribution in [3.63, 3.8) is 0 Å². The third-order valence-electron chi connectivity index (χ3n) is 1.58. The number of carbonyl (C=O) groups is 1. The van der Waals surface area contributed by atoms with E-state index in [1.54, 1.807) is 6.08 Å². The minimum absolute atomic E-state index is 0.281. The van der Waals surface area contributed by atoms with Crippen LogP contribution in [0.15, 0.2) is 12.7 Å². The fraction of sp³-hybridized carbons (Fsp3) is 0.571. The Kier molecular flexibility index (Phi) is 2.01. The molecule has 0 atom stereocenters. The van der Waals surface area contributed by atoms with E-state index in [9.17, 15) is 4.79 Å². The van der Waals surface area contributed by atoms with Gasteiger partial charge < -0.3 is 5.32 Å². The van der Waals surface area contributed by atoms with Gasteiger partial charge in [-0.05, 0) is 0 Å². The number of rotatable bonds is 3. The maximum atomic E-state index is 10.9. The van der Waals surface area contributed by atoms with Crippen molar-refractivity contribution in [1.29, 1.82) is 0 Å². The minimum atomic E-state index is 0.281.